The van der Waals surface area contributed by atoms with Gasteiger partial charge in [0, 0.05) is 63.2 Å². The average Bonchev–Trinajstić information content (AvgIpc) is 4.42. The molecule has 4 aromatic heterocycles. The topological polar surface area (TPSA) is 6.48 Å². The Kier molecular flexibility index (Phi) is 11.5. The number of anilines is 6. The minimum Gasteiger partial charge on any atom is -0.302 e. The van der Waals surface area contributed by atoms with Gasteiger partial charge in [-0.15, -0.1) is 45.3 Å². The van der Waals surface area contributed by atoms with Gasteiger partial charge in [0.1, 0.15) is 0 Å². The zero-order chi connectivity index (χ0) is 54.3. The Morgan fingerprint density at radius 2 is 0.787 bits per heavy atom. The van der Waals surface area contributed by atoms with Crippen LogP contribution in [0.1, 0.15) is 78.0 Å². The molecule has 388 valence electrons. The first-order valence-electron chi connectivity index (χ1n) is 28.0. The summed E-state index contributed by atoms with van der Waals surface area (Å²) >= 11 is 7.60. The van der Waals surface area contributed by atoms with E-state index in [1.54, 1.807) is 0 Å². The van der Waals surface area contributed by atoms with Crippen LogP contribution in [0.2, 0.25) is 0 Å². The van der Waals surface area contributed by atoms with Gasteiger partial charge in [0.25, 0.3) is 6.71 Å². The molecule has 2 aliphatic rings. The maximum absolute atomic E-state index is 2.72. The SMILES string of the molecule is CC(C)c1cc2c3c(c1)N(c1cc(-c4csc5ccccc45)ccc1-c1ccccc1)c1sc4ccc(C(C)(C)C)cc4c1B3c1c(sc3ccc(C(C)(C)C)cc13)N2c1cc(-c2csc3ccccc23)ccc1-c1ccccc1. The molecule has 0 spiro atoms. The molecule has 0 amide bonds. The second-order valence-corrected chi connectivity index (χ2v) is 28.2. The van der Waals surface area contributed by atoms with Gasteiger partial charge in [-0.3, -0.25) is 0 Å². The minimum atomic E-state index is -0.0694. The van der Waals surface area contributed by atoms with E-state index in [2.05, 4.69) is 270 Å². The normalized spacial score (nSPS) is 13.3. The summed E-state index contributed by atoms with van der Waals surface area (Å²) in [5, 5.41) is 12.6. The van der Waals surface area contributed by atoms with Crippen molar-refractivity contribution in [2.75, 3.05) is 9.80 Å². The smallest absolute Gasteiger partial charge is 0.256 e. The van der Waals surface area contributed by atoms with Gasteiger partial charge in [0.05, 0.1) is 21.4 Å². The Morgan fingerprint density at radius 3 is 1.21 bits per heavy atom. The van der Waals surface area contributed by atoms with Crippen molar-refractivity contribution in [1.82, 2.24) is 0 Å². The van der Waals surface area contributed by atoms with Crippen LogP contribution in [-0.2, 0) is 10.8 Å². The maximum atomic E-state index is 2.72. The first-order chi connectivity index (χ1) is 38.8. The third-order valence-corrected chi connectivity index (χ3v) is 21.2. The summed E-state index contributed by atoms with van der Waals surface area (Å²) in [4.78, 5) is 5.45. The summed E-state index contributed by atoms with van der Waals surface area (Å²) in [5.74, 6) is 0.240. The van der Waals surface area contributed by atoms with E-state index in [-0.39, 0.29) is 23.5 Å². The summed E-state index contributed by atoms with van der Waals surface area (Å²) in [6.07, 6.45) is 0. The van der Waals surface area contributed by atoms with Crippen LogP contribution < -0.4 is 26.2 Å². The number of nitrogens with zero attached hydrogens (tertiary/aromatic N) is 2. The first kappa shape index (κ1) is 49.5. The van der Waals surface area contributed by atoms with Gasteiger partial charge in [-0.1, -0.05) is 201 Å². The van der Waals surface area contributed by atoms with E-state index < -0.39 is 0 Å². The van der Waals surface area contributed by atoms with E-state index in [0.717, 1.165) is 0 Å². The maximum Gasteiger partial charge on any atom is 0.256 e. The van der Waals surface area contributed by atoms with Gasteiger partial charge in [-0.2, -0.15) is 0 Å². The highest BCUT2D eigenvalue weighted by Gasteiger charge is 2.48. The standard InChI is InChI=1S/C73H59BN2S4/c1-43(2)48-37-61-69-62(38-48)76(60-36-47(28-32-52(60)45-21-13-10-14-22-45)58-42-78-64-26-18-16-24-54(58)64)71-68(56-40-50(73(6,7)8)30-34-66(56)80-71)74(69)67-55-39-49(72(3,4)5)29-33-65(55)79-70(67)75(61)59-35-46(27-31-51(59)44-19-11-9-12-20-44)57-41-77-63-25-17-15-23-53(57)63/h9-43H,1-8H3. The van der Waals surface area contributed by atoms with Crippen molar-refractivity contribution in [1.29, 1.82) is 0 Å². The lowest BCUT2D eigenvalue weighted by atomic mass is 9.33. The zero-order valence-corrected chi connectivity index (χ0v) is 49.6. The van der Waals surface area contributed by atoms with Gasteiger partial charge in [0.2, 0.25) is 0 Å². The van der Waals surface area contributed by atoms with Crippen molar-refractivity contribution < 1.29 is 0 Å². The molecule has 0 bridgehead atoms. The molecule has 0 unspecified atom stereocenters. The lowest BCUT2D eigenvalue weighted by Crippen LogP contribution is -2.60. The molecule has 0 radical (unpaired) electrons. The molecule has 15 rings (SSSR count). The molecule has 0 saturated carbocycles. The van der Waals surface area contributed by atoms with Gasteiger partial charge in [-0.25, -0.2) is 0 Å². The summed E-state index contributed by atoms with van der Waals surface area (Å²) in [6.45, 7) is 18.8. The quantitative estimate of drug-likeness (QED) is 0.147. The Labute approximate surface area is 486 Å². The minimum absolute atomic E-state index is 0.0530. The summed E-state index contributed by atoms with van der Waals surface area (Å²) in [5.41, 5.74) is 22.7. The number of fused-ring (bicyclic) bond motifs is 10. The van der Waals surface area contributed by atoms with Crippen LogP contribution in [0.3, 0.4) is 0 Å². The Morgan fingerprint density at radius 1 is 0.362 bits per heavy atom. The van der Waals surface area contributed by atoms with Gasteiger partial charge >= 0.3 is 0 Å². The number of hydrogen-bond donors (Lipinski definition) is 0. The molecule has 0 atom stereocenters. The van der Waals surface area contributed by atoms with Crippen molar-refractivity contribution in [2.24, 2.45) is 0 Å². The summed E-state index contributed by atoms with van der Waals surface area (Å²) in [7, 11) is 0. The largest absolute Gasteiger partial charge is 0.302 e. The molecular formula is C73H59BN2S4. The predicted octanol–water partition coefficient (Wildman–Crippen LogP) is 21.0. The highest BCUT2D eigenvalue weighted by atomic mass is 32.1. The molecular weight excluding hydrogens is 1040 g/mol. The third-order valence-electron chi connectivity index (χ3n) is 17.0. The van der Waals surface area contributed by atoms with E-state index in [9.17, 15) is 0 Å². The number of thiophene rings is 4. The summed E-state index contributed by atoms with van der Waals surface area (Å²) < 4.78 is 5.23. The molecule has 0 aliphatic carbocycles. The second-order valence-electron chi connectivity index (χ2n) is 24.3. The molecule has 9 aromatic carbocycles. The molecule has 80 heavy (non-hydrogen) atoms. The Balaban J connectivity index is 1.11. The zero-order valence-electron chi connectivity index (χ0n) is 46.3. The van der Waals surface area contributed by atoms with E-state index in [1.165, 1.54) is 151 Å². The molecule has 2 aliphatic heterocycles. The average molecular weight is 1100 g/mol. The van der Waals surface area contributed by atoms with E-state index in [4.69, 9.17) is 0 Å². The fourth-order valence-corrected chi connectivity index (χ4v) is 17.1. The molecule has 6 heterocycles. The highest BCUT2D eigenvalue weighted by molar-refractivity contribution is 7.29. The predicted molar refractivity (Wildman–Crippen MR) is 355 cm³/mol. The van der Waals surface area contributed by atoms with Gasteiger partial charge in [0.15, 0.2) is 0 Å². The highest BCUT2D eigenvalue weighted by Crippen LogP contribution is 2.55. The molecule has 0 fully saturated rings. The lowest BCUT2D eigenvalue weighted by molar-refractivity contribution is 0.591. The number of benzene rings is 9. The number of hydrogen-bond acceptors (Lipinski definition) is 6. The fourth-order valence-electron chi connectivity index (χ4n) is 12.7. The number of rotatable bonds is 7. The first-order valence-corrected chi connectivity index (χ1v) is 31.4. The van der Waals surface area contributed by atoms with Crippen LogP contribution in [0.5, 0.6) is 0 Å². The molecule has 7 heteroatoms. The van der Waals surface area contributed by atoms with Crippen molar-refractivity contribution in [3.63, 3.8) is 0 Å². The van der Waals surface area contributed by atoms with Crippen LogP contribution >= 0.6 is 45.3 Å². The van der Waals surface area contributed by atoms with Crippen molar-refractivity contribution in [3.8, 4) is 44.5 Å². The fraction of sp³-hybridized carbons (Fsp3) is 0.151. The van der Waals surface area contributed by atoms with Crippen molar-refractivity contribution in [3.05, 3.63) is 222 Å². The lowest BCUT2D eigenvalue weighted by Gasteiger charge is -2.43. The summed E-state index contributed by atoms with van der Waals surface area (Å²) in [6, 6.07) is 74.5. The Hall–Kier alpha value is -7.52. The van der Waals surface area contributed by atoms with Crippen LogP contribution in [0.25, 0.3) is 84.9 Å². The van der Waals surface area contributed by atoms with Crippen LogP contribution in [-0.4, -0.2) is 6.71 Å². The van der Waals surface area contributed by atoms with Crippen LogP contribution in [0.4, 0.5) is 32.8 Å². The van der Waals surface area contributed by atoms with Crippen LogP contribution in [0.15, 0.2) is 205 Å². The van der Waals surface area contributed by atoms with E-state index >= 15 is 0 Å². The van der Waals surface area contributed by atoms with Crippen molar-refractivity contribution >= 4 is 142 Å². The van der Waals surface area contributed by atoms with Gasteiger partial charge < -0.3 is 9.80 Å². The second kappa shape index (κ2) is 18.5. The Bertz CT molecular complexity index is 4330. The monoisotopic (exact) mass is 1100 g/mol. The van der Waals surface area contributed by atoms with Gasteiger partial charge in [-0.05, 0) is 142 Å². The van der Waals surface area contributed by atoms with E-state index in [0.29, 0.717) is 0 Å². The van der Waals surface area contributed by atoms with Crippen molar-refractivity contribution in [2.45, 2.75) is 72.1 Å². The third kappa shape index (κ3) is 7.83. The van der Waals surface area contributed by atoms with Crippen LogP contribution in [0, 0.1) is 0 Å². The van der Waals surface area contributed by atoms with E-state index in [1.807, 2.05) is 45.3 Å². The molecule has 0 saturated heterocycles. The molecule has 0 N–H and O–H groups in total. The molecule has 13 aromatic rings. The molecule has 2 nitrogen and oxygen atoms in total.